The van der Waals surface area contributed by atoms with Crippen LogP contribution in [0.3, 0.4) is 0 Å². The van der Waals surface area contributed by atoms with Gasteiger partial charge in [-0.3, -0.25) is 9.78 Å². The van der Waals surface area contributed by atoms with Gasteiger partial charge in [0.05, 0.1) is 20.6 Å². The highest BCUT2D eigenvalue weighted by Gasteiger charge is 2.22. The Bertz CT molecular complexity index is 426. The minimum absolute atomic E-state index is 0.0581. The molecule has 1 rings (SSSR count). The van der Waals surface area contributed by atoms with Gasteiger partial charge in [0, 0.05) is 15.3 Å². The van der Waals surface area contributed by atoms with Crippen LogP contribution in [0.25, 0.3) is 0 Å². The van der Waals surface area contributed by atoms with E-state index in [9.17, 15) is 13.6 Å². The van der Waals surface area contributed by atoms with Crippen molar-refractivity contribution < 1.29 is 23.0 Å². The van der Waals surface area contributed by atoms with Crippen molar-refractivity contribution in [3.8, 4) is 5.75 Å². The maximum atomic E-state index is 12.7. The molecule has 0 bridgehead atoms. The molecule has 0 aliphatic rings. The zero-order valence-corrected chi connectivity index (χ0v) is 11.3. The fraction of sp³-hybridized carbons (Fsp3) is 0.400. The average molecular weight is 357 g/mol. The van der Waals surface area contributed by atoms with E-state index in [1.807, 2.05) is 22.6 Å². The second kappa shape index (κ2) is 6.08. The Kier molecular flexibility index (Phi) is 5.03. The van der Waals surface area contributed by atoms with Gasteiger partial charge in [0.25, 0.3) is 6.43 Å². The Labute approximate surface area is 110 Å². The topological polar surface area (TPSA) is 48.4 Å². The number of carbonyl (C=O) groups is 1. The van der Waals surface area contributed by atoms with E-state index in [-0.39, 0.29) is 12.2 Å². The highest BCUT2D eigenvalue weighted by atomic mass is 127. The number of nitrogens with zero attached hydrogens (tertiary/aromatic N) is 1. The predicted molar refractivity (Wildman–Crippen MR) is 64.2 cm³/mol. The molecule has 94 valence electrons. The quantitative estimate of drug-likeness (QED) is 0.613. The highest BCUT2D eigenvalue weighted by Crippen LogP contribution is 2.33. The van der Waals surface area contributed by atoms with Crippen LogP contribution >= 0.6 is 22.6 Å². The fourth-order valence-electron chi connectivity index (χ4n) is 1.29. The van der Waals surface area contributed by atoms with Crippen LogP contribution < -0.4 is 4.74 Å². The molecule has 1 heterocycles. The highest BCUT2D eigenvalue weighted by molar-refractivity contribution is 14.1. The molecule has 0 saturated heterocycles. The van der Waals surface area contributed by atoms with Crippen molar-refractivity contribution in [2.75, 3.05) is 14.2 Å². The van der Waals surface area contributed by atoms with Crippen molar-refractivity contribution in [3.05, 3.63) is 21.0 Å². The zero-order chi connectivity index (χ0) is 13.0. The van der Waals surface area contributed by atoms with Crippen LogP contribution in [-0.2, 0) is 16.0 Å². The molecule has 0 amide bonds. The van der Waals surface area contributed by atoms with Gasteiger partial charge in [0.15, 0.2) is 5.75 Å². The first-order valence-electron chi connectivity index (χ1n) is 4.57. The van der Waals surface area contributed by atoms with Gasteiger partial charge in [0.2, 0.25) is 0 Å². The molecule has 0 unspecified atom stereocenters. The number of esters is 1. The van der Waals surface area contributed by atoms with E-state index in [1.165, 1.54) is 20.4 Å². The van der Waals surface area contributed by atoms with Gasteiger partial charge in [0.1, 0.15) is 5.69 Å². The SMILES string of the molecule is COC(=O)Cc1c(I)cnc(C(F)F)c1OC. The Morgan fingerprint density at radius 3 is 2.65 bits per heavy atom. The molecule has 0 aliphatic carbocycles. The van der Waals surface area contributed by atoms with E-state index in [0.717, 1.165) is 0 Å². The zero-order valence-electron chi connectivity index (χ0n) is 9.17. The summed E-state index contributed by atoms with van der Waals surface area (Å²) in [4.78, 5) is 14.8. The van der Waals surface area contributed by atoms with Crippen LogP contribution in [-0.4, -0.2) is 25.2 Å². The number of alkyl halides is 2. The summed E-state index contributed by atoms with van der Waals surface area (Å²) >= 11 is 1.90. The van der Waals surface area contributed by atoms with E-state index in [4.69, 9.17) is 4.74 Å². The van der Waals surface area contributed by atoms with E-state index in [0.29, 0.717) is 9.13 Å². The van der Waals surface area contributed by atoms with E-state index >= 15 is 0 Å². The smallest absolute Gasteiger partial charge is 0.310 e. The molecule has 0 radical (unpaired) electrons. The summed E-state index contributed by atoms with van der Waals surface area (Å²) in [5, 5.41) is 0. The number of carbonyl (C=O) groups excluding carboxylic acids is 1. The third-order valence-corrected chi connectivity index (χ3v) is 3.00. The molecule has 0 aliphatic heterocycles. The minimum Gasteiger partial charge on any atom is -0.494 e. The lowest BCUT2D eigenvalue weighted by atomic mass is 10.1. The Hall–Kier alpha value is -0.990. The van der Waals surface area contributed by atoms with Crippen molar-refractivity contribution in [2.45, 2.75) is 12.8 Å². The van der Waals surface area contributed by atoms with Gasteiger partial charge in [-0.25, -0.2) is 8.78 Å². The molecule has 1 aromatic heterocycles. The molecule has 0 atom stereocenters. The molecule has 17 heavy (non-hydrogen) atoms. The number of aromatic nitrogens is 1. The van der Waals surface area contributed by atoms with Crippen molar-refractivity contribution in [1.29, 1.82) is 0 Å². The summed E-state index contributed by atoms with van der Waals surface area (Å²) in [7, 11) is 2.50. The standard InChI is InChI=1S/C10H10F2INO3/c1-16-7(15)3-5-6(13)4-14-8(10(11)12)9(5)17-2/h4,10H,3H2,1-2H3. The first-order chi connectivity index (χ1) is 8.01. The molecule has 0 N–H and O–H groups in total. The number of hydrogen-bond acceptors (Lipinski definition) is 4. The van der Waals surface area contributed by atoms with Crippen LogP contribution in [0.4, 0.5) is 8.78 Å². The Morgan fingerprint density at radius 2 is 2.18 bits per heavy atom. The van der Waals surface area contributed by atoms with Gasteiger partial charge >= 0.3 is 5.97 Å². The van der Waals surface area contributed by atoms with E-state index < -0.39 is 18.1 Å². The number of methoxy groups -OCH3 is 2. The lowest BCUT2D eigenvalue weighted by Crippen LogP contribution is -2.10. The molecule has 7 heteroatoms. The fourth-order valence-corrected chi connectivity index (χ4v) is 1.87. The maximum absolute atomic E-state index is 12.7. The number of hydrogen-bond donors (Lipinski definition) is 0. The van der Waals surface area contributed by atoms with Crippen molar-refractivity contribution in [3.63, 3.8) is 0 Å². The van der Waals surface area contributed by atoms with Crippen LogP contribution in [0.2, 0.25) is 0 Å². The monoisotopic (exact) mass is 357 g/mol. The Balaban J connectivity index is 3.25. The number of halogens is 3. The second-order valence-corrected chi connectivity index (χ2v) is 4.22. The number of pyridine rings is 1. The second-order valence-electron chi connectivity index (χ2n) is 3.06. The van der Waals surface area contributed by atoms with Gasteiger partial charge in [-0.1, -0.05) is 0 Å². The molecule has 0 fully saturated rings. The predicted octanol–water partition coefficient (Wildman–Crippen LogP) is 2.35. The lowest BCUT2D eigenvalue weighted by Gasteiger charge is -2.13. The van der Waals surface area contributed by atoms with Crippen molar-refractivity contribution in [1.82, 2.24) is 4.98 Å². The normalized spacial score (nSPS) is 10.5. The lowest BCUT2D eigenvalue weighted by molar-refractivity contribution is -0.139. The summed E-state index contributed by atoms with van der Waals surface area (Å²) in [5.41, 5.74) is -0.0999. The van der Waals surface area contributed by atoms with Gasteiger partial charge in [-0.2, -0.15) is 0 Å². The largest absolute Gasteiger partial charge is 0.494 e. The first-order valence-corrected chi connectivity index (χ1v) is 5.65. The Morgan fingerprint density at radius 1 is 1.53 bits per heavy atom. The minimum atomic E-state index is -2.75. The summed E-state index contributed by atoms with van der Waals surface area (Å²) in [5.74, 6) is -0.579. The van der Waals surface area contributed by atoms with Crippen LogP contribution in [0.5, 0.6) is 5.75 Å². The van der Waals surface area contributed by atoms with Gasteiger partial charge < -0.3 is 9.47 Å². The molecule has 0 spiro atoms. The molecule has 1 aromatic rings. The molecule has 0 aromatic carbocycles. The third-order valence-electron chi connectivity index (χ3n) is 2.07. The van der Waals surface area contributed by atoms with Crippen LogP contribution in [0, 0.1) is 3.57 Å². The van der Waals surface area contributed by atoms with Gasteiger partial charge in [-0.05, 0) is 22.6 Å². The summed E-state index contributed by atoms with van der Waals surface area (Å²) in [6, 6.07) is 0. The summed E-state index contributed by atoms with van der Waals surface area (Å²) < 4.78 is 35.4. The first kappa shape index (κ1) is 14.1. The average Bonchev–Trinajstić information content (AvgIpc) is 2.30. The van der Waals surface area contributed by atoms with Crippen LogP contribution in [0.15, 0.2) is 6.20 Å². The van der Waals surface area contributed by atoms with Crippen LogP contribution in [0.1, 0.15) is 17.7 Å². The number of rotatable bonds is 4. The summed E-state index contributed by atoms with van der Waals surface area (Å²) in [6.45, 7) is 0. The molecule has 0 saturated carbocycles. The van der Waals surface area contributed by atoms with Crippen molar-refractivity contribution in [2.24, 2.45) is 0 Å². The number of ether oxygens (including phenoxy) is 2. The molecular formula is C10H10F2INO3. The molecular weight excluding hydrogens is 347 g/mol. The van der Waals surface area contributed by atoms with E-state index in [1.54, 1.807) is 0 Å². The summed E-state index contributed by atoms with van der Waals surface area (Å²) in [6.07, 6.45) is -1.60. The third kappa shape index (κ3) is 3.24. The maximum Gasteiger partial charge on any atom is 0.310 e. The van der Waals surface area contributed by atoms with Crippen molar-refractivity contribution >= 4 is 28.6 Å². The van der Waals surface area contributed by atoms with Gasteiger partial charge in [-0.15, -0.1) is 0 Å². The molecule has 4 nitrogen and oxygen atoms in total. The van der Waals surface area contributed by atoms with E-state index in [2.05, 4.69) is 9.72 Å².